The lowest BCUT2D eigenvalue weighted by atomic mass is 9.82. The number of piperidine rings is 1. The number of hydrogen-bond donors (Lipinski definition) is 1. The normalized spacial score (nSPS) is 25.8. The molecule has 0 saturated carbocycles. The van der Waals surface area contributed by atoms with Gasteiger partial charge < -0.3 is 5.32 Å². The number of benzene rings is 1. The van der Waals surface area contributed by atoms with Crippen LogP contribution in [0.25, 0.3) is 0 Å². The lowest BCUT2D eigenvalue weighted by Gasteiger charge is -2.30. The first-order valence-corrected chi connectivity index (χ1v) is 6.36. The Kier molecular flexibility index (Phi) is 3.34. The Morgan fingerprint density at radius 2 is 1.69 bits per heavy atom. The SMILES string of the molecule is Cc1cc(C)c(C2CNCC(C)C2)c(C)c1. The fourth-order valence-electron chi connectivity index (χ4n) is 3.21. The van der Waals surface area contributed by atoms with Crippen LogP contribution < -0.4 is 5.32 Å². The molecule has 1 fully saturated rings. The van der Waals surface area contributed by atoms with Gasteiger partial charge in [0.1, 0.15) is 0 Å². The Balaban J connectivity index is 2.32. The molecule has 0 aromatic heterocycles. The predicted octanol–water partition coefficient (Wildman–Crippen LogP) is 3.32. The summed E-state index contributed by atoms with van der Waals surface area (Å²) >= 11 is 0. The Morgan fingerprint density at radius 1 is 1.06 bits per heavy atom. The monoisotopic (exact) mass is 217 g/mol. The zero-order valence-electron chi connectivity index (χ0n) is 10.9. The Labute approximate surface area is 99.3 Å². The largest absolute Gasteiger partial charge is 0.316 e. The van der Waals surface area contributed by atoms with Crippen molar-refractivity contribution in [2.24, 2.45) is 5.92 Å². The minimum atomic E-state index is 0.712. The summed E-state index contributed by atoms with van der Waals surface area (Å²) in [6, 6.07) is 4.64. The van der Waals surface area contributed by atoms with E-state index in [1.54, 1.807) is 5.56 Å². The Morgan fingerprint density at radius 3 is 2.25 bits per heavy atom. The molecule has 0 radical (unpaired) electrons. The van der Waals surface area contributed by atoms with Crippen LogP contribution in [0.2, 0.25) is 0 Å². The number of hydrogen-bond acceptors (Lipinski definition) is 1. The Bertz CT molecular complexity index is 358. The van der Waals surface area contributed by atoms with Crippen molar-refractivity contribution in [3.63, 3.8) is 0 Å². The van der Waals surface area contributed by atoms with Crippen LogP contribution in [0.5, 0.6) is 0 Å². The van der Waals surface area contributed by atoms with E-state index >= 15 is 0 Å². The van der Waals surface area contributed by atoms with E-state index in [0.717, 1.165) is 12.5 Å². The van der Waals surface area contributed by atoms with Gasteiger partial charge in [0.2, 0.25) is 0 Å². The van der Waals surface area contributed by atoms with E-state index in [1.165, 1.54) is 29.7 Å². The average Bonchev–Trinajstić information content (AvgIpc) is 2.15. The van der Waals surface area contributed by atoms with Crippen LogP contribution >= 0.6 is 0 Å². The van der Waals surface area contributed by atoms with Crippen molar-refractivity contribution >= 4 is 0 Å². The lowest BCUT2D eigenvalue weighted by molar-refractivity contribution is 0.362. The van der Waals surface area contributed by atoms with Crippen molar-refractivity contribution in [2.45, 2.75) is 40.0 Å². The third-order valence-corrected chi connectivity index (χ3v) is 3.72. The number of aryl methyl sites for hydroxylation is 3. The van der Waals surface area contributed by atoms with Crippen LogP contribution in [-0.4, -0.2) is 13.1 Å². The van der Waals surface area contributed by atoms with Crippen molar-refractivity contribution in [3.8, 4) is 0 Å². The fourth-order valence-corrected chi connectivity index (χ4v) is 3.21. The van der Waals surface area contributed by atoms with E-state index in [4.69, 9.17) is 0 Å². The molecular weight excluding hydrogens is 194 g/mol. The van der Waals surface area contributed by atoms with Gasteiger partial charge >= 0.3 is 0 Å². The maximum Gasteiger partial charge on any atom is 0.00205 e. The highest BCUT2D eigenvalue weighted by molar-refractivity contribution is 5.40. The molecule has 2 rings (SSSR count). The summed E-state index contributed by atoms with van der Waals surface area (Å²) in [5.41, 5.74) is 5.91. The minimum Gasteiger partial charge on any atom is -0.316 e. The van der Waals surface area contributed by atoms with Crippen molar-refractivity contribution in [1.82, 2.24) is 5.32 Å². The summed E-state index contributed by atoms with van der Waals surface area (Å²) < 4.78 is 0. The molecule has 2 atom stereocenters. The third-order valence-electron chi connectivity index (χ3n) is 3.72. The van der Waals surface area contributed by atoms with Gasteiger partial charge in [0.15, 0.2) is 0 Å². The van der Waals surface area contributed by atoms with E-state index in [1.807, 2.05) is 0 Å². The van der Waals surface area contributed by atoms with E-state index in [9.17, 15) is 0 Å². The first kappa shape index (κ1) is 11.7. The zero-order valence-corrected chi connectivity index (χ0v) is 10.9. The molecule has 1 aromatic carbocycles. The molecule has 1 heterocycles. The summed E-state index contributed by atoms with van der Waals surface area (Å²) in [5, 5.41) is 3.55. The van der Waals surface area contributed by atoms with Crippen molar-refractivity contribution in [2.75, 3.05) is 13.1 Å². The number of rotatable bonds is 1. The van der Waals surface area contributed by atoms with Gasteiger partial charge in [-0.15, -0.1) is 0 Å². The first-order chi connectivity index (χ1) is 7.58. The predicted molar refractivity (Wildman–Crippen MR) is 70.0 cm³/mol. The minimum absolute atomic E-state index is 0.712. The molecule has 1 N–H and O–H groups in total. The quantitative estimate of drug-likeness (QED) is 0.761. The van der Waals surface area contributed by atoms with Gasteiger partial charge in [-0.2, -0.15) is 0 Å². The van der Waals surface area contributed by atoms with Gasteiger partial charge in [0.25, 0.3) is 0 Å². The molecule has 1 aromatic rings. The molecule has 2 unspecified atom stereocenters. The van der Waals surface area contributed by atoms with Gasteiger partial charge in [0, 0.05) is 6.54 Å². The molecule has 1 saturated heterocycles. The topological polar surface area (TPSA) is 12.0 Å². The van der Waals surface area contributed by atoms with Crippen LogP contribution in [0.15, 0.2) is 12.1 Å². The highest BCUT2D eigenvalue weighted by atomic mass is 14.9. The summed E-state index contributed by atoms with van der Waals surface area (Å²) in [5.74, 6) is 1.52. The van der Waals surface area contributed by atoms with Crippen LogP contribution in [0, 0.1) is 26.7 Å². The molecule has 0 aliphatic carbocycles. The van der Waals surface area contributed by atoms with Gasteiger partial charge in [-0.25, -0.2) is 0 Å². The second-order valence-electron chi connectivity index (χ2n) is 5.51. The van der Waals surface area contributed by atoms with Crippen LogP contribution in [0.4, 0.5) is 0 Å². The lowest BCUT2D eigenvalue weighted by Crippen LogP contribution is -2.34. The van der Waals surface area contributed by atoms with Gasteiger partial charge in [0.05, 0.1) is 0 Å². The fraction of sp³-hybridized carbons (Fsp3) is 0.600. The molecule has 1 heteroatoms. The number of nitrogens with one attached hydrogen (secondary N) is 1. The molecule has 88 valence electrons. The summed E-state index contributed by atoms with van der Waals surface area (Å²) in [7, 11) is 0. The highest BCUT2D eigenvalue weighted by Crippen LogP contribution is 2.31. The first-order valence-electron chi connectivity index (χ1n) is 6.36. The molecule has 1 aliphatic heterocycles. The van der Waals surface area contributed by atoms with Crippen LogP contribution in [0.3, 0.4) is 0 Å². The van der Waals surface area contributed by atoms with E-state index in [-0.39, 0.29) is 0 Å². The second kappa shape index (κ2) is 4.58. The smallest absolute Gasteiger partial charge is 0.00205 e. The van der Waals surface area contributed by atoms with Gasteiger partial charge in [-0.1, -0.05) is 24.6 Å². The molecule has 1 aliphatic rings. The van der Waals surface area contributed by atoms with E-state index < -0.39 is 0 Å². The molecule has 0 amide bonds. The third kappa shape index (κ3) is 2.30. The van der Waals surface area contributed by atoms with Gasteiger partial charge in [-0.3, -0.25) is 0 Å². The summed E-state index contributed by atoms with van der Waals surface area (Å²) in [6.07, 6.45) is 1.33. The standard InChI is InChI=1S/C15H23N/c1-10-5-12(3)15(13(4)6-10)14-7-11(2)8-16-9-14/h5-6,11,14,16H,7-9H2,1-4H3. The highest BCUT2D eigenvalue weighted by Gasteiger charge is 2.22. The zero-order chi connectivity index (χ0) is 11.7. The maximum absolute atomic E-state index is 3.55. The van der Waals surface area contributed by atoms with Crippen molar-refractivity contribution in [1.29, 1.82) is 0 Å². The maximum atomic E-state index is 3.55. The average molecular weight is 217 g/mol. The molecule has 1 nitrogen and oxygen atoms in total. The molecule has 0 spiro atoms. The summed E-state index contributed by atoms with van der Waals surface area (Å²) in [4.78, 5) is 0. The summed E-state index contributed by atoms with van der Waals surface area (Å²) in [6.45, 7) is 11.4. The van der Waals surface area contributed by atoms with E-state index in [0.29, 0.717) is 5.92 Å². The van der Waals surface area contributed by atoms with Crippen molar-refractivity contribution < 1.29 is 0 Å². The molecular formula is C15H23N. The molecule has 0 bridgehead atoms. The van der Waals surface area contributed by atoms with Crippen LogP contribution in [-0.2, 0) is 0 Å². The molecule has 16 heavy (non-hydrogen) atoms. The van der Waals surface area contributed by atoms with E-state index in [2.05, 4.69) is 45.1 Å². The Hall–Kier alpha value is -0.820. The van der Waals surface area contributed by atoms with Gasteiger partial charge in [-0.05, 0) is 62.3 Å². The van der Waals surface area contributed by atoms with Crippen molar-refractivity contribution in [3.05, 3.63) is 34.4 Å². The van der Waals surface area contributed by atoms with Crippen LogP contribution in [0.1, 0.15) is 41.5 Å². The second-order valence-corrected chi connectivity index (χ2v) is 5.51.